The predicted octanol–water partition coefficient (Wildman–Crippen LogP) is 3.44. The fourth-order valence-electron chi connectivity index (χ4n) is 2.96. The average molecular weight is 421 g/mol. The summed E-state index contributed by atoms with van der Waals surface area (Å²) in [6.07, 6.45) is 1.69. The fourth-order valence-corrected chi connectivity index (χ4v) is 5.35. The van der Waals surface area contributed by atoms with Gasteiger partial charge < -0.3 is 10.4 Å². The number of nitrogens with zero attached hydrogens (tertiary/aromatic N) is 1. The third-order valence-corrected chi connectivity index (χ3v) is 7.75. The highest BCUT2D eigenvalue weighted by Crippen LogP contribution is 2.30. The summed E-state index contributed by atoms with van der Waals surface area (Å²) in [5.41, 5.74) is 1.23. The number of aromatic hydroxyl groups is 1. The molecule has 0 aromatic heterocycles. The zero-order valence-electron chi connectivity index (χ0n) is 15.7. The highest BCUT2D eigenvalue weighted by Gasteiger charge is 2.28. The molecule has 0 aliphatic carbocycles. The van der Waals surface area contributed by atoms with E-state index in [2.05, 4.69) is 5.32 Å². The molecule has 2 N–H and O–H groups in total. The first-order valence-electron chi connectivity index (χ1n) is 9.17. The lowest BCUT2D eigenvalue weighted by Crippen LogP contribution is -2.28. The molecule has 2 aromatic carbocycles. The Balaban J connectivity index is 1.68. The van der Waals surface area contributed by atoms with Gasteiger partial charge in [0.1, 0.15) is 5.75 Å². The molecule has 1 heterocycles. The van der Waals surface area contributed by atoms with Crippen molar-refractivity contribution in [2.24, 2.45) is 0 Å². The molecule has 150 valence electrons. The number of benzene rings is 2. The van der Waals surface area contributed by atoms with Crippen LogP contribution < -0.4 is 5.32 Å². The molecule has 1 atom stereocenters. The molecular formula is C20H24N2O4S2. The number of thioether (sulfide) groups is 1. The van der Waals surface area contributed by atoms with E-state index in [1.54, 1.807) is 6.92 Å². The Hall–Kier alpha value is -2.03. The van der Waals surface area contributed by atoms with Crippen molar-refractivity contribution in [1.82, 2.24) is 4.31 Å². The van der Waals surface area contributed by atoms with Gasteiger partial charge in [-0.1, -0.05) is 30.3 Å². The molecule has 1 fully saturated rings. The number of hydrogen-bond donors (Lipinski definition) is 2. The standard InChI is InChI=1S/C20H24N2O4S2/c1-15(27-14-16-7-3-2-4-8-16)20(24)21-18-13-17(9-10-19(18)23)28(25,26)22-11-5-6-12-22/h2-4,7-10,13,15,23H,5-6,11-12,14H2,1H3,(H,21,24)/t15-/m1/s1. The zero-order chi connectivity index (χ0) is 20.1. The van der Waals surface area contributed by atoms with Crippen molar-refractivity contribution in [3.8, 4) is 5.75 Å². The summed E-state index contributed by atoms with van der Waals surface area (Å²) in [6, 6.07) is 13.8. The Bertz CT molecular complexity index is 926. The maximum atomic E-state index is 12.7. The largest absolute Gasteiger partial charge is 0.506 e. The van der Waals surface area contributed by atoms with E-state index in [1.165, 1.54) is 34.3 Å². The number of carbonyl (C=O) groups is 1. The molecule has 0 radical (unpaired) electrons. The summed E-state index contributed by atoms with van der Waals surface area (Å²) in [4.78, 5) is 12.6. The first-order valence-corrected chi connectivity index (χ1v) is 11.7. The Morgan fingerprint density at radius 3 is 2.54 bits per heavy atom. The molecule has 0 spiro atoms. The van der Waals surface area contributed by atoms with Gasteiger partial charge >= 0.3 is 0 Å². The summed E-state index contributed by atoms with van der Waals surface area (Å²) in [6.45, 7) is 2.78. The van der Waals surface area contributed by atoms with Gasteiger partial charge in [-0.3, -0.25) is 4.79 Å². The molecule has 1 aliphatic rings. The van der Waals surface area contributed by atoms with Gasteiger partial charge in [-0.05, 0) is 43.5 Å². The van der Waals surface area contributed by atoms with Gasteiger partial charge in [0.25, 0.3) is 0 Å². The maximum absolute atomic E-state index is 12.7. The lowest BCUT2D eigenvalue weighted by molar-refractivity contribution is -0.115. The number of phenolic OH excluding ortho intramolecular Hbond substituents is 1. The van der Waals surface area contributed by atoms with E-state index in [0.717, 1.165) is 18.4 Å². The molecule has 0 saturated carbocycles. The zero-order valence-corrected chi connectivity index (χ0v) is 17.3. The molecule has 8 heteroatoms. The van der Waals surface area contributed by atoms with E-state index >= 15 is 0 Å². The second kappa shape index (κ2) is 8.98. The molecule has 2 aromatic rings. The summed E-state index contributed by atoms with van der Waals surface area (Å²) in [5.74, 6) is 0.242. The number of nitrogens with one attached hydrogen (secondary N) is 1. The van der Waals surface area contributed by atoms with Crippen LogP contribution in [0.4, 0.5) is 5.69 Å². The monoisotopic (exact) mass is 420 g/mol. The summed E-state index contributed by atoms with van der Waals surface area (Å²) in [5, 5.41) is 12.4. The number of rotatable bonds is 7. The molecule has 0 unspecified atom stereocenters. The van der Waals surface area contributed by atoms with Crippen LogP contribution in [0.1, 0.15) is 25.3 Å². The predicted molar refractivity (Wildman–Crippen MR) is 112 cm³/mol. The Morgan fingerprint density at radius 1 is 1.18 bits per heavy atom. The molecular weight excluding hydrogens is 396 g/mol. The van der Waals surface area contributed by atoms with Crippen LogP contribution in [0.15, 0.2) is 53.4 Å². The van der Waals surface area contributed by atoms with Crippen LogP contribution in [0.5, 0.6) is 5.75 Å². The van der Waals surface area contributed by atoms with Crippen molar-refractivity contribution in [2.45, 2.75) is 35.7 Å². The van der Waals surface area contributed by atoms with Crippen molar-refractivity contribution in [2.75, 3.05) is 18.4 Å². The van der Waals surface area contributed by atoms with E-state index in [1.807, 2.05) is 30.3 Å². The molecule has 1 amide bonds. The lowest BCUT2D eigenvalue weighted by atomic mass is 10.2. The van der Waals surface area contributed by atoms with Gasteiger partial charge in [0.05, 0.1) is 15.8 Å². The number of anilines is 1. The van der Waals surface area contributed by atoms with Crippen LogP contribution in [0.3, 0.4) is 0 Å². The van der Waals surface area contributed by atoms with Crippen LogP contribution in [-0.2, 0) is 20.6 Å². The number of carbonyl (C=O) groups excluding carboxylic acids is 1. The number of hydrogen-bond acceptors (Lipinski definition) is 5. The van der Waals surface area contributed by atoms with Crippen LogP contribution >= 0.6 is 11.8 Å². The minimum Gasteiger partial charge on any atom is -0.506 e. The SMILES string of the molecule is C[C@@H](SCc1ccccc1)C(=O)Nc1cc(S(=O)(=O)N2CCCC2)ccc1O. The van der Waals surface area contributed by atoms with E-state index < -0.39 is 10.0 Å². The first kappa shape index (κ1) is 20.7. The highest BCUT2D eigenvalue weighted by atomic mass is 32.2. The lowest BCUT2D eigenvalue weighted by Gasteiger charge is -2.17. The minimum atomic E-state index is -3.61. The van der Waals surface area contributed by atoms with Gasteiger partial charge in [-0.25, -0.2) is 8.42 Å². The highest BCUT2D eigenvalue weighted by molar-refractivity contribution is 7.99. The smallest absolute Gasteiger partial charge is 0.243 e. The van der Waals surface area contributed by atoms with Gasteiger partial charge in [-0.15, -0.1) is 11.8 Å². The van der Waals surface area contributed by atoms with Gasteiger partial charge in [0.2, 0.25) is 15.9 Å². The Morgan fingerprint density at radius 2 is 1.86 bits per heavy atom. The third kappa shape index (κ3) is 4.87. The molecule has 3 rings (SSSR count). The second-order valence-electron chi connectivity index (χ2n) is 6.72. The van der Waals surface area contributed by atoms with Crippen LogP contribution in [0, 0.1) is 0 Å². The minimum absolute atomic E-state index is 0.0760. The summed E-state index contributed by atoms with van der Waals surface area (Å²) >= 11 is 1.47. The van der Waals surface area contributed by atoms with Crippen molar-refractivity contribution >= 4 is 33.4 Å². The Labute approximate surface area is 170 Å². The van der Waals surface area contributed by atoms with E-state index in [0.29, 0.717) is 18.8 Å². The van der Waals surface area contributed by atoms with Crippen molar-refractivity contribution < 1.29 is 18.3 Å². The van der Waals surface area contributed by atoms with Crippen molar-refractivity contribution in [3.05, 3.63) is 54.1 Å². The second-order valence-corrected chi connectivity index (χ2v) is 9.99. The topological polar surface area (TPSA) is 86.7 Å². The molecule has 1 aliphatic heterocycles. The quantitative estimate of drug-likeness (QED) is 0.670. The van der Waals surface area contributed by atoms with Crippen molar-refractivity contribution in [3.63, 3.8) is 0 Å². The molecule has 1 saturated heterocycles. The van der Waals surface area contributed by atoms with Crippen molar-refractivity contribution in [1.29, 1.82) is 0 Å². The number of phenols is 1. The number of amides is 1. The maximum Gasteiger partial charge on any atom is 0.243 e. The van der Waals surface area contributed by atoms with Gasteiger partial charge in [0.15, 0.2) is 0 Å². The summed E-state index contributed by atoms with van der Waals surface area (Å²) in [7, 11) is -3.61. The Kier molecular flexibility index (Phi) is 6.64. The van der Waals surface area contributed by atoms with E-state index in [-0.39, 0.29) is 27.5 Å². The molecule has 28 heavy (non-hydrogen) atoms. The molecule has 0 bridgehead atoms. The van der Waals surface area contributed by atoms with Crippen LogP contribution in [0.2, 0.25) is 0 Å². The van der Waals surface area contributed by atoms with Crippen LogP contribution in [0.25, 0.3) is 0 Å². The first-order chi connectivity index (χ1) is 13.4. The van der Waals surface area contributed by atoms with Gasteiger partial charge in [0, 0.05) is 18.8 Å². The molecule has 6 nitrogen and oxygen atoms in total. The van der Waals surface area contributed by atoms with Gasteiger partial charge in [-0.2, -0.15) is 4.31 Å². The normalized spacial score (nSPS) is 16.0. The van der Waals surface area contributed by atoms with Crippen LogP contribution in [-0.4, -0.2) is 42.1 Å². The average Bonchev–Trinajstić information content (AvgIpc) is 3.24. The third-order valence-electron chi connectivity index (χ3n) is 4.64. The number of sulfonamides is 1. The fraction of sp³-hybridized carbons (Fsp3) is 0.350. The van der Waals surface area contributed by atoms with E-state index in [9.17, 15) is 18.3 Å². The summed E-state index contributed by atoms with van der Waals surface area (Å²) < 4.78 is 26.8. The van der Waals surface area contributed by atoms with E-state index in [4.69, 9.17) is 0 Å².